The lowest BCUT2D eigenvalue weighted by Crippen LogP contribution is -2.32. The number of para-hydroxylation sites is 2. The Morgan fingerprint density at radius 3 is 2.58 bits per heavy atom. The molecule has 4 nitrogen and oxygen atoms in total. The predicted molar refractivity (Wildman–Crippen MR) is 108 cm³/mol. The summed E-state index contributed by atoms with van der Waals surface area (Å²) in [5.74, 6) is 0.615. The molecule has 0 bridgehead atoms. The van der Waals surface area contributed by atoms with Crippen LogP contribution in [-0.2, 0) is 6.42 Å². The van der Waals surface area contributed by atoms with Crippen LogP contribution in [-0.4, -0.2) is 16.9 Å². The fourth-order valence-corrected chi connectivity index (χ4v) is 2.92. The number of anilines is 2. The van der Waals surface area contributed by atoms with Crippen LogP contribution < -0.4 is 10.6 Å². The first kappa shape index (κ1) is 17.9. The molecule has 2 N–H and O–H groups in total. The second-order valence-electron chi connectivity index (χ2n) is 6.49. The summed E-state index contributed by atoms with van der Waals surface area (Å²) < 4.78 is 0. The van der Waals surface area contributed by atoms with Crippen molar-refractivity contribution in [3.63, 3.8) is 0 Å². The second kappa shape index (κ2) is 8.00. The molecule has 1 atom stereocenters. The van der Waals surface area contributed by atoms with Gasteiger partial charge in [0.05, 0.1) is 11.1 Å². The molecule has 26 heavy (non-hydrogen) atoms. The first-order chi connectivity index (χ1) is 12.6. The van der Waals surface area contributed by atoms with E-state index in [2.05, 4.69) is 30.5 Å². The van der Waals surface area contributed by atoms with Gasteiger partial charge in [-0.25, -0.2) is 4.98 Å². The van der Waals surface area contributed by atoms with Crippen LogP contribution in [0.15, 0.2) is 54.6 Å². The van der Waals surface area contributed by atoms with E-state index in [0.717, 1.165) is 29.4 Å². The number of nitrogens with one attached hydrogen (secondary N) is 2. The van der Waals surface area contributed by atoms with Gasteiger partial charge < -0.3 is 10.6 Å². The number of hydrogen-bond acceptors (Lipinski definition) is 3. The molecule has 0 aliphatic rings. The maximum atomic E-state index is 12.8. The number of hydrogen-bond donors (Lipinski definition) is 2. The van der Waals surface area contributed by atoms with Crippen molar-refractivity contribution >= 4 is 28.3 Å². The maximum Gasteiger partial charge on any atom is 0.252 e. The summed E-state index contributed by atoms with van der Waals surface area (Å²) in [6.45, 7) is 6.20. The van der Waals surface area contributed by atoms with Gasteiger partial charge in [-0.1, -0.05) is 50.2 Å². The standard InChI is InChI=1S/C22H25N3O/c1-4-15(3)23-22(26)18-14-21(25-20-13-9-7-11-17(18)20)24-19-12-8-6-10-16(19)5-2/h6-15H,4-5H2,1-3H3,(H,23,26)(H,24,25)/t15-/m1/s1. The fourth-order valence-electron chi connectivity index (χ4n) is 2.92. The number of benzene rings is 2. The molecule has 1 amide bonds. The number of fused-ring (bicyclic) bond motifs is 1. The van der Waals surface area contributed by atoms with E-state index in [-0.39, 0.29) is 11.9 Å². The number of aryl methyl sites for hydroxylation is 1. The maximum absolute atomic E-state index is 12.8. The third kappa shape index (κ3) is 3.85. The zero-order valence-corrected chi connectivity index (χ0v) is 15.5. The van der Waals surface area contributed by atoms with Crippen LogP contribution >= 0.6 is 0 Å². The fraction of sp³-hybridized carbons (Fsp3) is 0.273. The van der Waals surface area contributed by atoms with E-state index < -0.39 is 0 Å². The largest absolute Gasteiger partial charge is 0.350 e. The van der Waals surface area contributed by atoms with Crippen LogP contribution in [0.5, 0.6) is 0 Å². The molecule has 0 radical (unpaired) electrons. The topological polar surface area (TPSA) is 54.0 Å². The zero-order chi connectivity index (χ0) is 18.5. The number of carbonyl (C=O) groups excluding carboxylic acids is 1. The molecule has 4 heteroatoms. The van der Waals surface area contributed by atoms with E-state index in [0.29, 0.717) is 11.4 Å². The van der Waals surface area contributed by atoms with Gasteiger partial charge in [0, 0.05) is 17.1 Å². The van der Waals surface area contributed by atoms with E-state index in [1.54, 1.807) is 0 Å². The Labute approximate surface area is 154 Å². The van der Waals surface area contributed by atoms with Crippen molar-refractivity contribution < 1.29 is 4.79 Å². The number of pyridine rings is 1. The number of amides is 1. The molecule has 3 rings (SSSR count). The minimum atomic E-state index is -0.0650. The summed E-state index contributed by atoms with van der Waals surface area (Å²) in [5, 5.41) is 7.31. The van der Waals surface area contributed by atoms with Crippen LogP contribution in [0.1, 0.15) is 43.1 Å². The summed E-state index contributed by atoms with van der Waals surface area (Å²) >= 11 is 0. The molecule has 134 valence electrons. The van der Waals surface area contributed by atoms with Gasteiger partial charge in [-0.2, -0.15) is 0 Å². The third-order valence-corrected chi connectivity index (χ3v) is 4.61. The van der Waals surface area contributed by atoms with Crippen molar-refractivity contribution in [1.82, 2.24) is 10.3 Å². The number of rotatable bonds is 6. The normalized spacial score (nSPS) is 12.0. The van der Waals surface area contributed by atoms with Crippen LogP contribution in [0.25, 0.3) is 10.9 Å². The van der Waals surface area contributed by atoms with E-state index in [1.807, 2.05) is 55.5 Å². The molecule has 0 unspecified atom stereocenters. The summed E-state index contributed by atoms with van der Waals surface area (Å²) in [7, 11) is 0. The monoisotopic (exact) mass is 347 g/mol. The van der Waals surface area contributed by atoms with Crippen molar-refractivity contribution in [3.05, 3.63) is 65.7 Å². The molecule has 3 aromatic rings. The van der Waals surface area contributed by atoms with E-state index in [1.165, 1.54) is 5.56 Å². The Bertz CT molecular complexity index is 920. The van der Waals surface area contributed by atoms with Crippen molar-refractivity contribution in [3.8, 4) is 0 Å². The average Bonchev–Trinajstić information content (AvgIpc) is 2.67. The zero-order valence-electron chi connectivity index (χ0n) is 15.5. The molecular weight excluding hydrogens is 322 g/mol. The van der Waals surface area contributed by atoms with Crippen molar-refractivity contribution in [1.29, 1.82) is 0 Å². The van der Waals surface area contributed by atoms with Gasteiger partial charge in [0.25, 0.3) is 5.91 Å². The Balaban J connectivity index is 2.03. The van der Waals surface area contributed by atoms with Gasteiger partial charge in [-0.3, -0.25) is 4.79 Å². The number of nitrogens with zero attached hydrogens (tertiary/aromatic N) is 1. The lowest BCUT2D eigenvalue weighted by Gasteiger charge is -2.15. The molecule has 0 saturated carbocycles. The van der Waals surface area contributed by atoms with Gasteiger partial charge >= 0.3 is 0 Å². The smallest absolute Gasteiger partial charge is 0.252 e. The second-order valence-corrected chi connectivity index (χ2v) is 6.49. The third-order valence-electron chi connectivity index (χ3n) is 4.61. The lowest BCUT2D eigenvalue weighted by molar-refractivity contribution is 0.0941. The van der Waals surface area contributed by atoms with Gasteiger partial charge in [-0.15, -0.1) is 0 Å². The first-order valence-corrected chi connectivity index (χ1v) is 9.18. The highest BCUT2D eigenvalue weighted by molar-refractivity contribution is 6.07. The van der Waals surface area contributed by atoms with Crippen LogP contribution in [0, 0.1) is 0 Å². The van der Waals surface area contributed by atoms with Crippen molar-refractivity contribution in [2.45, 2.75) is 39.7 Å². The van der Waals surface area contributed by atoms with E-state index in [4.69, 9.17) is 4.98 Å². The molecular formula is C22H25N3O. The highest BCUT2D eigenvalue weighted by Gasteiger charge is 2.15. The SMILES string of the molecule is CCc1ccccc1Nc1cc(C(=O)N[C@H](C)CC)c2ccccc2n1. The number of carbonyl (C=O) groups is 1. The van der Waals surface area contributed by atoms with E-state index in [9.17, 15) is 4.79 Å². The highest BCUT2D eigenvalue weighted by atomic mass is 16.1. The Morgan fingerprint density at radius 2 is 1.81 bits per heavy atom. The quantitative estimate of drug-likeness (QED) is 0.654. The van der Waals surface area contributed by atoms with Crippen molar-refractivity contribution in [2.75, 3.05) is 5.32 Å². The van der Waals surface area contributed by atoms with Gasteiger partial charge in [0.1, 0.15) is 5.82 Å². The summed E-state index contributed by atoms with van der Waals surface area (Å²) in [6.07, 6.45) is 1.82. The number of aromatic nitrogens is 1. The average molecular weight is 347 g/mol. The lowest BCUT2D eigenvalue weighted by atomic mass is 10.1. The highest BCUT2D eigenvalue weighted by Crippen LogP contribution is 2.25. The summed E-state index contributed by atoms with van der Waals surface area (Å²) in [6, 6.07) is 17.9. The molecule has 0 aliphatic heterocycles. The van der Waals surface area contributed by atoms with Gasteiger partial charge in [0.2, 0.25) is 0 Å². The van der Waals surface area contributed by atoms with Crippen LogP contribution in [0.4, 0.5) is 11.5 Å². The molecule has 0 saturated heterocycles. The first-order valence-electron chi connectivity index (χ1n) is 9.18. The van der Waals surface area contributed by atoms with Crippen LogP contribution in [0.3, 0.4) is 0 Å². The molecule has 1 aromatic heterocycles. The Hall–Kier alpha value is -2.88. The van der Waals surface area contributed by atoms with Gasteiger partial charge in [-0.05, 0) is 43.5 Å². The summed E-state index contributed by atoms with van der Waals surface area (Å²) in [4.78, 5) is 17.5. The van der Waals surface area contributed by atoms with Crippen molar-refractivity contribution in [2.24, 2.45) is 0 Å². The predicted octanol–water partition coefficient (Wildman–Crippen LogP) is 5.07. The molecule has 0 spiro atoms. The minimum Gasteiger partial charge on any atom is -0.350 e. The summed E-state index contributed by atoms with van der Waals surface area (Å²) in [5.41, 5.74) is 3.69. The Morgan fingerprint density at radius 1 is 1.08 bits per heavy atom. The molecule has 0 fully saturated rings. The van der Waals surface area contributed by atoms with Gasteiger partial charge in [0.15, 0.2) is 0 Å². The molecule has 1 heterocycles. The molecule has 2 aromatic carbocycles. The Kier molecular flexibility index (Phi) is 5.52. The minimum absolute atomic E-state index is 0.0650. The van der Waals surface area contributed by atoms with E-state index >= 15 is 0 Å². The van der Waals surface area contributed by atoms with Crippen LogP contribution in [0.2, 0.25) is 0 Å². The molecule has 0 aliphatic carbocycles.